The van der Waals surface area contributed by atoms with Crippen LogP contribution in [0.4, 0.5) is 0 Å². The second-order valence-corrected chi connectivity index (χ2v) is 2.91. The predicted octanol–water partition coefficient (Wildman–Crippen LogP) is 2.21. The molecule has 1 aromatic rings. The van der Waals surface area contributed by atoms with Gasteiger partial charge in [0.25, 0.3) is 0 Å². The van der Waals surface area contributed by atoms with Gasteiger partial charge in [0.05, 0.1) is 19.3 Å². The van der Waals surface area contributed by atoms with E-state index in [-0.39, 0.29) is 0 Å². The Hall–Kier alpha value is -1.51. The van der Waals surface area contributed by atoms with E-state index in [1.54, 1.807) is 13.2 Å². The first-order valence-corrected chi connectivity index (χ1v) is 4.49. The number of carbonyl (C=O) groups excluding carboxylic acids is 1. The van der Waals surface area contributed by atoms with E-state index >= 15 is 0 Å². The van der Waals surface area contributed by atoms with Gasteiger partial charge in [0, 0.05) is 6.07 Å². The van der Waals surface area contributed by atoms with Crippen LogP contribution in [0.2, 0.25) is 0 Å². The van der Waals surface area contributed by atoms with E-state index in [9.17, 15) is 4.79 Å². The lowest BCUT2D eigenvalue weighted by Gasteiger charge is -2.10. The number of methoxy groups -OCH3 is 1. The molecule has 1 aromatic carbocycles. The Labute approximate surface area is 83.6 Å². The Morgan fingerprint density at radius 2 is 2.14 bits per heavy atom. The number of hydrogen-bond donors (Lipinski definition) is 0. The number of aldehydes is 1. The highest BCUT2D eigenvalue weighted by Crippen LogP contribution is 2.27. The first-order chi connectivity index (χ1) is 6.72. The summed E-state index contributed by atoms with van der Waals surface area (Å²) in [5.41, 5.74) is 1.45. The summed E-state index contributed by atoms with van der Waals surface area (Å²) in [6.45, 7) is 4.27. The van der Waals surface area contributed by atoms with Crippen molar-refractivity contribution in [1.82, 2.24) is 0 Å². The monoisotopic (exact) mass is 194 g/mol. The summed E-state index contributed by atoms with van der Waals surface area (Å²) >= 11 is 0. The van der Waals surface area contributed by atoms with Crippen LogP contribution in [-0.2, 0) is 0 Å². The van der Waals surface area contributed by atoms with E-state index in [0.717, 1.165) is 11.8 Å². The molecule has 0 aliphatic carbocycles. The molecule has 0 saturated carbocycles. The van der Waals surface area contributed by atoms with E-state index in [2.05, 4.69) is 0 Å². The molecule has 0 aliphatic heterocycles. The van der Waals surface area contributed by atoms with Crippen molar-refractivity contribution < 1.29 is 14.3 Å². The van der Waals surface area contributed by atoms with Crippen LogP contribution in [-0.4, -0.2) is 20.0 Å². The Balaban J connectivity index is 3.20. The summed E-state index contributed by atoms with van der Waals surface area (Å²) in [6.07, 6.45) is 0.805. The Morgan fingerprint density at radius 3 is 2.64 bits per heavy atom. The molecule has 0 bridgehead atoms. The largest absolute Gasteiger partial charge is 0.497 e. The molecule has 3 nitrogen and oxygen atoms in total. The first kappa shape index (κ1) is 10.6. The lowest BCUT2D eigenvalue weighted by atomic mass is 10.1. The zero-order valence-electron chi connectivity index (χ0n) is 8.66. The van der Waals surface area contributed by atoms with Crippen LogP contribution in [0.15, 0.2) is 12.1 Å². The van der Waals surface area contributed by atoms with Crippen LogP contribution in [0.3, 0.4) is 0 Å². The van der Waals surface area contributed by atoms with Gasteiger partial charge in [0.2, 0.25) is 0 Å². The van der Waals surface area contributed by atoms with Crippen LogP contribution in [0.5, 0.6) is 11.5 Å². The standard InChI is InChI=1S/C11H14O3/c1-4-14-11-6-9(13-3)5-8(2)10(11)7-12/h5-7H,4H2,1-3H3. The summed E-state index contributed by atoms with van der Waals surface area (Å²) in [7, 11) is 1.59. The quantitative estimate of drug-likeness (QED) is 0.689. The third-order valence-corrected chi connectivity index (χ3v) is 1.98. The molecule has 76 valence electrons. The molecule has 0 atom stereocenters. The Kier molecular flexibility index (Phi) is 3.51. The molecule has 0 saturated heterocycles. The second kappa shape index (κ2) is 4.65. The van der Waals surface area contributed by atoms with Crippen LogP contribution in [0.1, 0.15) is 22.8 Å². The molecule has 0 heterocycles. The maximum absolute atomic E-state index is 10.8. The van der Waals surface area contributed by atoms with Crippen molar-refractivity contribution in [2.24, 2.45) is 0 Å². The minimum absolute atomic E-state index is 0.535. The lowest BCUT2D eigenvalue weighted by Crippen LogP contribution is -1.99. The van der Waals surface area contributed by atoms with Crippen LogP contribution < -0.4 is 9.47 Å². The van der Waals surface area contributed by atoms with Crippen LogP contribution in [0.25, 0.3) is 0 Å². The molecular weight excluding hydrogens is 180 g/mol. The average Bonchev–Trinajstić information content (AvgIpc) is 2.18. The molecule has 0 N–H and O–H groups in total. The molecule has 0 fully saturated rings. The molecule has 0 amide bonds. The van der Waals surface area contributed by atoms with Crippen molar-refractivity contribution in [1.29, 1.82) is 0 Å². The van der Waals surface area contributed by atoms with E-state index in [4.69, 9.17) is 9.47 Å². The van der Waals surface area contributed by atoms with Crippen molar-refractivity contribution in [2.45, 2.75) is 13.8 Å². The third kappa shape index (κ3) is 2.05. The number of rotatable bonds is 4. The summed E-state index contributed by atoms with van der Waals surface area (Å²) in [5.74, 6) is 1.29. The Bertz CT molecular complexity index is 332. The molecule has 1 rings (SSSR count). The van der Waals surface area contributed by atoms with Crippen LogP contribution >= 0.6 is 0 Å². The van der Waals surface area contributed by atoms with E-state index < -0.39 is 0 Å². The van der Waals surface area contributed by atoms with Gasteiger partial charge in [-0.3, -0.25) is 4.79 Å². The molecule has 0 spiro atoms. The summed E-state index contributed by atoms with van der Waals surface area (Å²) in [4.78, 5) is 10.8. The Morgan fingerprint density at radius 1 is 1.43 bits per heavy atom. The van der Waals surface area contributed by atoms with Crippen LogP contribution in [0, 0.1) is 6.92 Å². The van der Waals surface area contributed by atoms with Gasteiger partial charge >= 0.3 is 0 Å². The maximum Gasteiger partial charge on any atom is 0.154 e. The zero-order chi connectivity index (χ0) is 10.6. The third-order valence-electron chi connectivity index (χ3n) is 1.98. The fourth-order valence-electron chi connectivity index (χ4n) is 1.28. The minimum atomic E-state index is 0.535. The highest BCUT2D eigenvalue weighted by Gasteiger charge is 2.08. The zero-order valence-corrected chi connectivity index (χ0v) is 8.66. The SMILES string of the molecule is CCOc1cc(OC)cc(C)c1C=O. The molecule has 0 unspecified atom stereocenters. The molecule has 14 heavy (non-hydrogen) atoms. The van der Waals surface area contributed by atoms with Gasteiger partial charge in [-0.25, -0.2) is 0 Å². The fraction of sp³-hybridized carbons (Fsp3) is 0.364. The highest BCUT2D eigenvalue weighted by molar-refractivity contribution is 5.82. The molecule has 3 heteroatoms. The van der Waals surface area contributed by atoms with Crippen molar-refractivity contribution >= 4 is 6.29 Å². The number of carbonyl (C=O) groups is 1. The number of aryl methyl sites for hydroxylation is 1. The fourth-order valence-corrected chi connectivity index (χ4v) is 1.28. The van der Waals surface area contributed by atoms with Gasteiger partial charge in [0.15, 0.2) is 6.29 Å². The van der Waals surface area contributed by atoms with E-state index in [0.29, 0.717) is 23.7 Å². The molecule has 0 aliphatic rings. The molecule has 0 radical (unpaired) electrons. The summed E-state index contributed by atoms with van der Waals surface area (Å²) in [6, 6.07) is 3.53. The second-order valence-electron chi connectivity index (χ2n) is 2.91. The first-order valence-electron chi connectivity index (χ1n) is 4.49. The van der Waals surface area contributed by atoms with Crippen molar-refractivity contribution in [2.75, 3.05) is 13.7 Å². The van der Waals surface area contributed by atoms with Crippen molar-refractivity contribution in [3.8, 4) is 11.5 Å². The van der Waals surface area contributed by atoms with Crippen molar-refractivity contribution in [3.05, 3.63) is 23.3 Å². The van der Waals surface area contributed by atoms with Gasteiger partial charge in [0.1, 0.15) is 11.5 Å². The maximum atomic E-state index is 10.8. The number of ether oxygens (including phenoxy) is 2. The van der Waals surface area contributed by atoms with E-state index in [1.807, 2.05) is 19.9 Å². The molecular formula is C11H14O3. The van der Waals surface area contributed by atoms with Gasteiger partial charge in [-0.1, -0.05) is 0 Å². The van der Waals surface area contributed by atoms with Crippen molar-refractivity contribution in [3.63, 3.8) is 0 Å². The van der Waals surface area contributed by atoms with Gasteiger partial charge < -0.3 is 9.47 Å². The lowest BCUT2D eigenvalue weighted by molar-refractivity contribution is 0.111. The normalized spacial score (nSPS) is 9.64. The molecule has 0 aromatic heterocycles. The van der Waals surface area contributed by atoms with Gasteiger partial charge in [-0.05, 0) is 25.5 Å². The van der Waals surface area contributed by atoms with Gasteiger partial charge in [-0.2, -0.15) is 0 Å². The number of hydrogen-bond acceptors (Lipinski definition) is 3. The summed E-state index contributed by atoms with van der Waals surface area (Å²) in [5, 5.41) is 0. The van der Waals surface area contributed by atoms with E-state index in [1.165, 1.54) is 0 Å². The highest BCUT2D eigenvalue weighted by atomic mass is 16.5. The van der Waals surface area contributed by atoms with Gasteiger partial charge in [-0.15, -0.1) is 0 Å². The minimum Gasteiger partial charge on any atom is -0.497 e. The predicted molar refractivity (Wildman–Crippen MR) is 54.3 cm³/mol. The smallest absolute Gasteiger partial charge is 0.154 e. The number of benzene rings is 1. The topological polar surface area (TPSA) is 35.5 Å². The average molecular weight is 194 g/mol. The summed E-state index contributed by atoms with van der Waals surface area (Å²) < 4.78 is 10.4.